The number of anilines is 1. The number of nitrogens with zero attached hydrogens (tertiary/aromatic N) is 2. The van der Waals surface area contributed by atoms with Crippen molar-refractivity contribution in [3.63, 3.8) is 0 Å². The average molecular weight is 386 g/mol. The Balaban J connectivity index is 1.68. The highest BCUT2D eigenvalue weighted by atomic mass is 35.5. The Morgan fingerprint density at radius 1 is 1.36 bits per heavy atom. The van der Waals surface area contributed by atoms with E-state index < -0.39 is 5.91 Å². The molecule has 0 bridgehead atoms. The normalized spacial score (nSPS) is 11.1. The van der Waals surface area contributed by atoms with E-state index in [1.54, 1.807) is 12.3 Å². The van der Waals surface area contributed by atoms with Gasteiger partial charge in [0.2, 0.25) is 0 Å². The van der Waals surface area contributed by atoms with E-state index in [1.807, 2.05) is 47.8 Å². The van der Waals surface area contributed by atoms with Crippen molar-refractivity contribution in [2.24, 2.45) is 0 Å². The molecule has 0 spiro atoms. The maximum atomic E-state index is 12.2. The van der Waals surface area contributed by atoms with Gasteiger partial charge in [-0.3, -0.25) is 10.1 Å². The number of thiazole rings is 1. The van der Waals surface area contributed by atoms with E-state index >= 15 is 0 Å². The molecule has 3 aromatic rings. The van der Waals surface area contributed by atoms with Gasteiger partial charge in [-0.15, -0.1) is 22.7 Å². The van der Waals surface area contributed by atoms with Crippen molar-refractivity contribution in [3.05, 3.63) is 73.9 Å². The minimum Gasteiger partial charge on any atom is -0.297 e. The summed E-state index contributed by atoms with van der Waals surface area (Å²) in [5, 5.41) is 14.9. The zero-order valence-electron chi connectivity index (χ0n) is 12.9. The third-order valence-corrected chi connectivity index (χ3v) is 5.20. The molecule has 0 unspecified atom stereocenters. The van der Waals surface area contributed by atoms with Gasteiger partial charge in [0.1, 0.15) is 11.6 Å². The summed E-state index contributed by atoms with van der Waals surface area (Å²) in [6.45, 7) is 0. The molecule has 0 fully saturated rings. The van der Waals surface area contributed by atoms with E-state index in [4.69, 9.17) is 11.6 Å². The molecule has 0 atom stereocenters. The highest BCUT2D eigenvalue weighted by Crippen LogP contribution is 2.23. The van der Waals surface area contributed by atoms with Crippen LogP contribution in [0.2, 0.25) is 5.02 Å². The van der Waals surface area contributed by atoms with Crippen LogP contribution in [0.15, 0.2) is 53.5 Å². The number of nitrogens with one attached hydrogen (secondary N) is 1. The van der Waals surface area contributed by atoms with Gasteiger partial charge in [0, 0.05) is 27.4 Å². The third kappa shape index (κ3) is 4.77. The van der Waals surface area contributed by atoms with Gasteiger partial charge in [0.25, 0.3) is 5.91 Å². The summed E-state index contributed by atoms with van der Waals surface area (Å²) in [6.07, 6.45) is 3.97. The highest BCUT2D eigenvalue weighted by molar-refractivity contribution is 7.15. The van der Waals surface area contributed by atoms with Crippen LogP contribution in [0.3, 0.4) is 0 Å². The van der Waals surface area contributed by atoms with E-state index in [9.17, 15) is 10.1 Å². The molecule has 124 valence electrons. The van der Waals surface area contributed by atoms with Crippen LogP contribution < -0.4 is 5.32 Å². The van der Waals surface area contributed by atoms with Gasteiger partial charge in [-0.25, -0.2) is 4.98 Å². The predicted molar refractivity (Wildman–Crippen MR) is 103 cm³/mol. The van der Waals surface area contributed by atoms with Crippen LogP contribution in [-0.4, -0.2) is 10.9 Å². The van der Waals surface area contributed by atoms with Gasteiger partial charge in [-0.05, 0) is 35.2 Å². The smallest absolute Gasteiger partial charge is 0.268 e. The van der Waals surface area contributed by atoms with Crippen molar-refractivity contribution >= 4 is 51.4 Å². The first-order chi connectivity index (χ1) is 12.1. The molecule has 0 aliphatic heterocycles. The van der Waals surface area contributed by atoms with Crippen molar-refractivity contribution < 1.29 is 4.79 Å². The minimum atomic E-state index is -0.459. The Morgan fingerprint density at radius 2 is 2.24 bits per heavy atom. The molecule has 2 heterocycles. The highest BCUT2D eigenvalue weighted by Gasteiger charge is 2.12. The number of aromatic nitrogens is 1. The fourth-order valence-corrected chi connectivity index (χ4v) is 3.84. The van der Waals surface area contributed by atoms with Crippen LogP contribution in [0.4, 0.5) is 5.13 Å². The van der Waals surface area contributed by atoms with Crippen molar-refractivity contribution in [3.8, 4) is 6.07 Å². The van der Waals surface area contributed by atoms with Gasteiger partial charge >= 0.3 is 0 Å². The lowest BCUT2D eigenvalue weighted by Gasteiger charge is -2.00. The Morgan fingerprint density at radius 3 is 2.96 bits per heavy atom. The summed E-state index contributed by atoms with van der Waals surface area (Å²) in [5.41, 5.74) is 1.12. The molecule has 0 saturated carbocycles. The lowest BCUT2D eigenvalue weighted by molar-refractivity contribution is -0.112. The maximum Gasteiger partial charge on any atom is 0.268 e. The number of carbonyl (C=O) groups excluding carboxylic acids is 1. The van der Waals surface area contributed by atoms with Gasteiger partial charge in [0.05, 0.1) is 0 Å². The summed E-state index contributed by atoms with van der Waals surface area (Å²) in [7, 11) is 0. The van der Waals surface area contributed by atoms with E-state index in [2.05, 4.69) is 10.3 Å². The van der Waals surface area contributed by atoms with Crippen LogP contribution in [0.25, 0.3) is 6.08 Å². The van der Waals surface area contributed by atoms with Crippen LogP contribution >= 0.6 is 34.3 Å². The molecule has 0 saturated heterocycles. The number of nitriles is 1. The van der Waals surface area contributed by atoms with E-state index in [0.717, 1.165) is 15.3 Å². The molecule has 7 heteroatoms. The molecule has 2 aromatic heterocycles. The fourth-order valence-electron chi connectivity index (χ4n) is 2.12. The number of hydrogen-bond donors (Lipinski definition) is 1. The van der Waals surface area contributed by atoms with Crippen molar-refractivity contribution in [2.45, 2.75) is 6.42 Å². The second-order valence-corrected chi connectivity index (χ2v) is 7.61. The monoisotopic (exact) mass is 385 g/mol. The quantitative estimate of drug-likeness (QED) is 0.496. The number of carbonyl (C=O) groups is 1. The molecule has 1 amide bonds. The van der Waals surface area contributed by atoms with Crippen LogP contribution in [-0.2, 0) is 11.2 Å². The second-order valence-electron chi connectivity index (χ2n) is 5.08. The summed E-state index contributed by atoms with van der Waals surface area (Å²) in [5.74, 6) is -0.459. The third-order valence-electron chi connectivity index (χ3n) is 3.24. The Bertz CT molecular complexity index is 955. The number of hydrogen-bond acceptors (Lipinski definition) is 5. The van der Waals surface area contributed by atoms with Gasteiger partial charge in [-0.1, -0.05) is 29.8 Å². The van der Waals surface area contributed by atoms with Crippen molar-refractivity contribution in [2.75, 3.05) is 5.32 Å². The minimum absolute atomic E-state index is 0.0500. The molecule has 0 aliphatic rings. The van der Waals surface area contributed by atoms with Gasteiger partial charge < -0.3 is 0 Å². The van der Waals surface area contributed by atoms with Crippen molar-refractivity contribution in [1.82, 2.24) is 4.98 Å². The first-order valence-corrected chi connectivity index (χ1v) is 9.37. The molecule has 1 aromatic carbocycles. The SMILES string of the molecule is N#C/C(=C\c1cccs1)C(=O)Nc1ncc(Cc2cccc(Cl)c2)s1. The Kier molecular flexibility index (Phi) is 5.61. The van der Waals surface area contributed by atoms with E-state index in [1.165, 1.54) is 22.7 Å². The topological polar surface area (TPSA) is 65.8 Å². The van der Waals surface area contributed by atoms with Gasteiger partial charge in [-0.2, -0.15) is 5.26 Å². The van der Waals surface area contributed by atoms with Gasteiger partial charge in [0.15, 0.2) is 5.13 Å². The standard InChI is InChI=1S/C18H12ClN3OS2/c19-14-4-1-3-12(7-14)8-16-11-21-18(25-16)22-17(23)13(10-20)9-15-5-2-6-24-15/h1-7,9,11H,8H2,(H,21,22,23)/b13-9+. The Hall–Kier alpha value is -2.46. The lowest BCUT2D eigenvalue weighted by atomic mass is 10.1. The average Bonchev–Trinajstić information content (AvgIpc) is 3.24. The number of amides is 1. The predicted octanol–water partition coefficient (Wildman–Crippen LogP) is 4.99. The fraction of sp³-hybridized carbons (Fsp3) is 0.0556. The summed E-state index contributed by atoms with van der Waals surface area (Å²) in [4.78, 5) is 18.3. The molecule has 3 rings (SSSR count). The molecule has 1 N–H and O–H groups in total. The number of benzene rings is 1. The molecule has 0 radical (unpaired) electrons. The number of rotatable bonds is 5. The van der Waals surface area contributed by atoms with Crippen LogP contribution in [0.5, 0.6) is 0 Å². The number of halogens is 1. The number of thiophene rings is 1. The maximum absolute atomic E-state index is 12.2. The molecule has 25 heavy (non-hydrogen) atoms. The Labute approximate surface area is 158 Å². The summed E-state index contributed by atoms with van der Waals surface area (Å²) < 4.78 is 0. The molecular weight excluding hydrogens is 374 g/mol. The van der Waals surface area contributed by atoms with Crippen LogP contribution in [0.1, 0.15) is 15.3 Å². The summed E-state index contributed by atoms with van der Waals surface area (Å²) >= 11 is 8.83. The second kappa shape index (κ2) is 8.08. The molecule has 4 nitrogen and oxygen atoms in total. The summed E-state index contributed by atoms with van der Waals surface area (Å²) in [6, 6.07) is 13.3. The first kappa shape index (κ1) is 17.4. The van der Waals surface area contributed by atoms with E-state index in [0.29, 0.717) is 16.6 Å². The van der Waals surface area contributed by atoms with E-state index in [-0.39, 0.29) is 5.57 Å². The van der Waals surface area contributed by atoms with Crippen molar-refractivity contribution in [1.29, 1.82) is 5.26 Å². The molecule has 0 aliphatic carbocycles. The largest absolute Gasteiger partial charge is 0.297 e. The zero-order chi connectivity index (χ0) is 17.6. The lowest BCUT2D eigenvalue weighted by Crippen LogP contribution is -2.13. The molecular formula is C18H12ClN3OS2. The van der Waals surface area contributed by atoms with Crippen LogP contribution in [0, 0.1) is 11.3 Å². The zero-order valence-corrected chi connectivity index (χ0v) is 15.3. The first-order valence-electron chi connectivity index (χ1n) is 7.30.